The molecular weight excluding hydrogens is 276 g/mol. The third kappa shape index (κ3) is 3.73. The van der Waals surface area contributed by atoms with Crippen LogP contribution >= 0.6 is 11.6 Å². The van der Waals surface area contributed by atoms with Gasteiger partial charge in [-0.25, -0.2) is 0 Å². The Morgan fingerprint density at radius 1 is 1.25 bits per heavy atom. The maximum Gasteiger partial charge on any atom is 0.227 e. The van der Waals surface area contributed by atoms with Crippen LogP contribution in [-0.4, -0.2) is 29.8 Å². The summed E-state index contributed by atoms with van der Waals surface area (Å²) in [6.45, 7) is 3.21. The van der Waals surface area contributed by atoms with E-state index in [4.69, 9.17) is 11.6 Å². The van der Waals surface area contributed by atoms with Gasteiger partial charge in [-0.05, 0) is 37.1 Å². The predicted octanol–water partition coefficient (Wildman–Crippen LogP) is 2.93. The molecule has 1 aromatic carbocycles. The Labute approximate surface area is 124 Å². The van der Waals surface area contributed by atoms with Gasteiger partial charge in [0, 0.05) is 36.1 Å². The number of benzene rings is 1. The molecule has 0 spiro atoms. The van der Waals surface area contributed by atoms with Crippen molar-refractivity contribution >= 4 is 29.1 Å². The first-order valence-corrected chi connectivity index (χ1v) is 7.32. The van der Waals surface area contributed by atoms with Crippen molar-refractivity contribution < 1.29 is 9.59 Å². The fourth-order valence-electron chi connectivity index (χ4n) is 2.39. The SMILES string of the molecule is CCC(=O)N1CCC(C(=O)Nc2ccc(Cl)cc2)CC1. The normalized spacial score (nSPS) is 16.0. The van der Waals surface area contributed by atoms with Gasteiger partial charge in [-0.1, -0.05) is 18.5 Å². The first kappa shape index (κ1) is 14.9. The van der Waals surface area contributed by atoms with Gasteiger partial charge in [0.15, 0.2) is 0 Å². The average molecular weight is 295 g/mol. The fourth-order valence-corrected chi connectivity index (χ4v) is 2.52. The molecule has 108 valence electrons. The molecule has 1 heterocycles. The lowest BCUT2D eigenvalue weighted by Crippen LogP contribution is -2.41. The van der Waals surface area contributed by atoms with Crippen molar-refractivity contribution in [3.63, 3.8) is 0 Å². The first-order valence-electron chi connectivity index (χ1n) is 6.94. The van der Waals surface area contributed by atoms with E-state index in [9.17, 15) is 9.59 Å². The third-order valence-electron chi connectivity index (χ3n) is 3.63. The molecule has 1 N–H and O–H groups in total. The van der Waals surface area contributed by atoms with E-state index in [-0.39, 0.29) is 17.7 Å². The molecule has 0 aromatic heterocycles. The molecular formula is C15H19ClN2O2. The molecule has 2 amide bonds. The third-order valence-corrected chi connectivity index (χ3v) is 3.88. The van der Waals surface area contributed by atoms with Crippen molar-refractivity contribution in [1.29, 1.82) is 0 Å². The minimum Gasteiger partial charge on any atom is -0.343 e. The van der Waals surface area contributed by atoms with E-state index in [1.165, 1.54) is 0 Å². The van der Waals surface area contributed by atoms with Crippen LogP contribution in [0.4, 0.5) is 5.69 Å². The monoisotopic (exact) mass is 294 g/mol. The molecule has 1 saturated heterocycles. The first-order chi connectivity index (χ1) is 9.60. The number of nitrogens with one attached hydrogen (secondary N) is 1. The second-order valence-electron chi connectivity index (χ2n) is 5.00. The van der Waals surface area contributed by atoms with E-state index in [1.807, 2.05) is 11.8 Å². The van der Waals surface area contributed by atoms with Crippen LogP contribution in [0.2, 0.25) is 5.02 Å². The molecule has 1 aliphatic heterocycles. The number of hydrogen-bond acceptors (Lipinski definition) is 2. The summed E-state index contributed by atoms with van der Waals surface area (Å²) in [5.74, 6) is 0.170. The van der Waals surface area contributed by atoms with Gasteiger partial charge in [0.05, 0.1) is 0 Å². The number of rotatable bonds is 3. The Balaban J connectivity index is 1.85. The molecule has 0 radical (unpaired) electrons. The van der Waals surface area contributed by atoms with Crippen LogP contribution in [0.1, 0.15) is 26.2 Å². The number of amides is 2. The van der Waals surface area contributed by atoms with Crippen molar-refractivity contribution in [2.24, 2.45) is 5.92 Å². The highest BCUT2D eigenvalue weighted by Crippen LogP contribution is 2.20. The standard InChI is InChI=1S/C15H19ClN2O2/c1-2-14(19)18-9-7-11(8-10-18)15(20)17-13-5-3-12(16)4-6-13/h3-6,11H,2,7-10H2,1H3,(H,17,20). The molecule has 0 bridgehead atoms. The molecule has 20 heavy (non-hydrogen) atoms. The molecule has 0 unspecified atom stereocenters. The van der Waals surface area contributed by atoms with E-state index in [0.29, 0.717) is 24.5 Å². The van der Waals surface area contributed by atoms with Crippen LogP contribution in [0, 0.1) is 5.92 Å². The van der Waals surface area contributed by atoms with Crippen LogP contribution in [0.3, 0.4) is 0 Å². The zero-order chi connectivity index (χ0) is 14.5. The van der Waals surface area contributed by atoms with Crippen LogP contribution in [-0.2, 0) is 9.59 Å². The van der Waals surface area contributed by atoms with E-state index >= 15 is 0 Å². The summed E-state index contributed by atoms with van der Waals surface area (Å²) >= 11 is 5.81. The van der Waals surface area contributed by atoms with Gasteiger partial charge in [-0.2, -0.15) is 0 Å². The minimum absolute atomic E-state index is 0.0217. The van der Waals surface area contributed by atoms with E-state index < -0.39 is 0 Å². The van der Waals surface area contributed by atoms with Crippen molar-refractivity contribution in [1.82, 2.24) is 4.90 Å². The van der Waals surface area contributed by atoms with Crippen molar-refractivity contribution in [3.8, 4) is 0 Å². The molecule has 1 aliphatic rings. The van der Waals surface area contributed by atoms with Crippen LogP contribution in [0.15, 0.2) is 24.3 Å². The summed E-state index contributed by atoms with van der Waals surface area (Å²) in [6, 6.07) is 7.07. The second kappa shape index (κ2) is 6.75. The highest BCUT2D eigenvalue weighted by molar-refractivity contribution is 6.30. The maximum absolute atomic E-state index is 12.2. The molecule has 1 aromatic rings. The molecule has 1 fully saturated rings. The quantitative estimate of drug-likeness (QED) is 0.932. The summed E-state index contributed by atoms with van der Waals surface area (Å²) in [5.41, 5.74) is 0.756. The number of carbonyl (C=O) groups excluding carboxylic acids is 2. The number of likely N-dealkylation sites (tertiary alicyclic amines) is 1. The Morgan fingerprint density at radius 2 is 1.85 bits per heavy atom. The largest absolute Gasteiger partial charge is 0.343 e. The number of nitrogens with zero attached hydrogens (tertiary/aromatic N) is 1. The van der Waals surface area contributed by atoms with Crippen molar-refractivity contribution in [2.75, 3.05) is 18.4 Å². The van der Waals surface area contributed by atoms with E-state index in [0.717, 1.165) is 18.5 Å². The van der Waals surface area contributed by atoms with Gasteiger partial charge in [0.1, 0.15) is 0 Å². The molecule has 2 rings (SSSR count). The van der Waals surface area contributed by atoms with Crippen molar-refractivity contribution in [3.05, 3.63) is 29.3 Å². The summed E-state index contributed by atoms with van der Waals surface area (Å²) in [4.78, 5) is 25.6. The van der Waals surface area contributed by atoms with E-state index in [2.05, 4.69) is 5.32 Å². The smallest absolute Gasteiger partial charge is 0.227 e. The Morgan fingerprint density at radius 3 is 2.40 bits per heavy atom. The molecule has 0 atom stereocenters. The second-order valence-corrected chi connectivity index (χ2v) is 5.44. The van der Waals surface area contributed by atoms with Crippen molar-refractivity contribution in [2.45, 2.75) is 26.2 Å². The van der Waals surface area contributed by atoms with Gasteiger partial charge < -0.3 is 10.2 Å². The molecule has 4 nitrogen and oxygen atoms in total. The van der Waals surface area contributed by atoms with E-state index in [1.54, 1.807) is 24.3 Å². The molecule has 5 heteroatoms. The Hall–Kier alpha value is -1.55. The summed E-state index contributed by atoms with van der Waals surface area (Å²) in [7, 11) is 0. The zero-order valence-corrected chi connectivity index (χ0v) is 12.3. The minimum atomic E-state index is -0.0217. The Bertz CT molecular complexity index is 479. The van der Waals surface area contributed by atoms with Crippen LogP contribution in [0.5, 0.6) is 0 Å². The molecule has 0 aliphatic carbocycles. The lowest BCUT2D eigenvalue weighted by atomic mass is 9.95. The predicted molar refractivity (Wildman–Crippen MR) is 79.7 cm³/mol. The van der Waals surface area contributed by atoms with Gasteiger partial charge in [0.2, 0.25) is 11.8 Å². The van der Waals surface area contributed by atoms with Crippen LogP contribution < -0.4 is 5.32 Å². The highest BCUT2D eigenvalue weighted by atomic mass is 35.5. The lowest BCUT2D eigenvalue weighted by molar-refractivity contribution is -0.134. The summed E-state index contributed by atoms with van der Waals surface area (Å²) in [5, 5.41) is 3.54. The summed E-state index contributed by atoms with van der Waals surface area (Å²) in [6.07, 6.45) is 1.98. The maximum atomic E-state index is 12.2. The number of carbonyl (C=O) groups is 2. The average Bonchev–Trinajstić information content (AvgIpc) is 2.49. The highest BCUT2D eigenvalue weighted by Gasteiger charge is 2.26. The lowest BCUT2D eigenvalue weighted by Gasteiger charge is -2.31. The van der Waals surface area contributed by atoms with Gasteiger partial charge in [-0.3, -0.25) is 9.59 Å². The van der Waals surface area contributed by atoms with Gasteiger partial charge >= 0.3 is 0 Å². The topological polar surface area (TPSA) is 49.4 Å². The summed E-state index contributed by atoms with van der Waals surface area (Å²) < 4.78 is 0. The fraction of sp³-hybridized carbons (Fsp3) is 0.467. The number of anilines is 1. The van der Waals surface area contributed by atoms with Crippen LogP contribution in [0.25, 0.3) is 0 Å². The number of piperidine rings is 1. The van der Waals surface area contributed by atoms with Gasteiger partial charge in [-0.15, -0.1) is 0 Å². The number of hydrogen-bond donors (Lipinski definition) is 1. The number of halogens is 1. The Kier molecular flexibility index (Phi) is 5.01. The molecule has 0 saturated carbocycles. The van der Waals surface area contributed by atoms with Gasteiger partial charge in [0.25, 0.3) is 0 Å². The zero-order valence-electron chi connectivity index (χ0n) is 11.6.